The van der Waals surface area contributed by atoms with Crippen molar-refractivity contribution in [2.75, 3.05) is 24.5 Å². The van der Waals surface area contributed by atoms with Gasteiger partial charge in [0.05, 0.1) is 6.04 Å². The van der Waals surface area contributed by atoms with Gasteiger partial charge in [0, 0.05) is 40.7 Å². The number of piperidine rings is 3. The first-order chi connectivity index (χ1) is 16.1. The summed E-state index contributed by atoms with van der Waals surface area (Å²) in [5, 5.41) is 0. The molecule has 6 rings (SSSR count). The lowest BCUT2D eigenvalue weighted by atomic mass is 9.82. The fourth-order valence-electron chi connectivity index (χ4n) is 4.86. The average molecular weight is 458 g/mol. The van der Waals surface area contributed by atoms with Gasteiger partial charge in [0.1, 0.15) is 5.69 Å². The topological polar surface area (TPSA) is 53.5 Å². The summed E-state index contributed by atoms with van der Waals surface area (Å²) >= 11 is 1.57. The summed E-state index contributed by atoms with van der Waals surface area (Å²) < 4.78 is 0. The molecule has 33 heavy (non-hydrogen) atoms. The molecule has 0 radical (unpaired) electrons. The summed E-state index contributed by atoms with van der Waals surface area (Å²) in [6, 6.07) is 21.7. The SMILES string of the molecule is CC(=O)c1ccc(Sc2ccc(C(=O)N(c3ccccc3)[C@H]3CN4CCC3CC4)cc2)cn1. The van der Waals surface area contributed by atoms with E-state index in [9.17, 15) is 9.59 Å². The second kappa shape index (κ2) is 9.49. The monoisotopic (exact) mass is 457 g/mol. The lowest BCUT2D eigenvalue weighted by molar-refractivity contribution is 0.0734. The van der Waals surface area contributed by atoms with Gasteiger partial charge in [-0.3, -0.25) is 14.6 Å². The normalized spacial score (nSPS) is 21.5. The van der Waals surface area contributed by atoms with E-state index in [-0.39, 0.29) is 17.7 Å². The zero-order chi connectivity index (χ0) is 22.8. The molecule has 6 heteroatoms. The molecule has 2 bridgehead atoms. The van der Waals surface area contributed by atoms with Crippen molar-refractivity contribution in [2.24, 2.45) is 5.92 Å². The van der Waals surface area contributed by atoms with E-state index in [2.05, 4.69) is 9.88 Å². The number of fused-ring (bicyclic) bond motifs is 3. The molecule has 2 aromatic carbocycles. The predicted octanol–water partition coefficient (Wildman–Crippen LogP) is 5.18. The molecule has 3 aliphatic rings. The van der Waals surface area contributed by atoms with E-state index < -0.39 is 0 Å². The van der Waals surface area contributed by atoms with Crippen molar-refractivity contribution >= 4 is 29.1 Å². The first-order valence-corrected chi connectivity index (χ1v) is 12.3. The Labute approximate surface area is 198 Å². The Balaban J connectivity index is 1.36. The summed E-state index contributed by atoms with van der Waals surface area (Å²) in [6.07, 6.45) is 4.03. The number of para-hydroxylation sites is 1. The molecule has 1 amide bonds. The van der Waals surface area contributed by atoms with Gasteiger partial charge in [-0.2, -0.15) is 0 Å². The lowest BCUT2D eigenvalue weighted by Crippen LogP contribution is -2.59. The van der Waals surface area contributed by atoms with Crippen LogP contribution in [0.4, 0.5) is 5.69 Å². The molecule has 0 saturated carbocycles. The van der Waals surface area contributed by atoms with Crippen LogP contribution < -0.4 is 4.90 Å². The Morgan fingerprint density at radius 3 is 2.21 bits per heavy atom. The van der Waals surface area contributed by atoms with Crippen LogP contribution >= 0.6 is 11.8 Å². The minimum Gasteiger partial charge on any atom is -0.304 e. The predicted molar refractivity (Wildman–Crippen MR) is 131 cm³/mol. The third kappa shape index (κ3) is 4.72. The number of pyridine rings is 1. The second-order valence-corrected chi connectivity index (χ2v) is 9.92. The molecular weight excluding hydrogens is 430 g/mol. The second-order valence-electron chi connectivity index (χ2n) is 8.78. The van der Waals surface area contributed by atoms with Crippen molar-refractivity contribution in [3.05, 3.63) is 84.2 Å². The number of Topliss-reactive ketones (excluding diaryl/α,β-unsaturated/α-hetero) is 1. The van der Waals surface area contributed by atoms with Crippen molar-refractivity contribution in [3.8, 4) is 0 Å². The van der Waals surface area contributed by atoms with Gasteiger partial charge in [-0.1, -0.05) is 30.0 Å². The van der Waals surface area contributed by atoms with E-state index in [0.29, 0.717) is 17.2 Å². The van der Waals surface area contributed by atoms with Crippen LogP contribution in [0.3, 0.4) is 0 Å². The van der Waals surface area contributed by atoms with Crippen LogP contribution in [0.1, 0.15) is 40.6 Å². The van der Waals surface area contributed by atoms with E-state index in [1.165, 1.54) is 6.92 Å². The van der Waals surface area contributed by atoms with Gasteiger partial charge in [-0.05, 0) is 80.4 Å². The molecule has 3 fully saturated rings. The van der Waals surface area contributed by atoms with Crippen LogP contribution in [0.15, 0.2) is 82.7 Å². The molecular formula is C27H27N3O2S. The number of anilines is 1. The van der Waals surface area contributed by atoms with Crippen LogP contribution in [0.5, 0.6) is 0 Å². The average Bonchev–Trinajstić information content (AvgIpc) is 2.86. The highest BCUT2D eigenvalue weighted by Gasteiger charge is 2.40. The number of benzene rings is 2. The van der Waals surface area contributed by atoms with Gasteiger partial charge in [0.25, 0.3) is 5.91 Å². The molecule has 168 valence electrons. The van der Waals surface area contributed by atoms with E-state index in [0.717, 1.165) is 48.0 Å². The third-order valence-electron chi connectivity index (χ3n) is 6.64. The number of carbonyl (C=O) groups is 2. The Hall–Kier alpha value is -2.96. The van der Waals surface area contributed by atoms with E-state index in [1.54, 1.807) is 24.0 Å². The summed E-state index contributed by atoms with van der Waals surface area (Å²) in [5.74, 6) is 0.573. The molecule has 1 aromatic heterocycles. The Kier molecular flexibility index (Phi) is 6.29. The van der Waals surface area contributed by atoms with Crippen molar-refractivity contribution in [1.82, 2.24) is 9.88 Å². The smallest absolute Gasteiger partial charge is 0.258 e. The number of ketones is 1. The standard InChI is InChI=1S/C27H27N3O2S/c1-19(31)25-12-11-24(17-28-25)33-23-9-7-21(8-10-23)27(32)30(22-5-3-2-4-6-22)26-18-29-15-13-20(26)14-16-29/h2-12,17,20,26H,13-16,18H2,1H3/t26-/m0/s1. The van der Waals surface area contributed by atoms with Crippen LogP contribution in [-0.2, 0) is 0 Å². The molecule has 4 heterocycles. The van der Waals surface area contributed by atoms with Crippen molar-refractivity contribution in [2.45, 2.75) is 35.6 Å². The Bertz CT molecular complexity index is 1120. The van der Waals surface area contributed by atoms with E-state index >= 15 is 0 Å². The minimum absolute atomic E-state index is 0.0413. The Morgan fingerprint density at radius 1 is 0.939 bits per heavy atom. The molecule has 0 unspecified atom stereocenters. The van der Waals surface area contributed by atoms with E-state index in [4.69, 9.17) is 0 Å². The zero-order valence-electron chi connectivity index (χ0n) is 18.7. The summed E-state index contributed by atoms with van der Waals surface area (Å²) in [7, 11) is 0. The number of hydrogen-bond acceptors (Lipinski definition) is 5. The fourth-order valence-corrected chi connectivity index (χ4v) is 5.65. The van der Waals surface area contributed by atoms with Gasteiger partial charge in [-0.15, -0.1) is 0 Å². The minimum atomic E-state index is -0.0413. The van der Waals surface area contributed by atoms with Crippen LogP contribution in [0.2, 0.25) is 0 Å². The van der Waals surface area contributed by atoms with Gasteiger partial charge in [0.15, 0.2) is 5.78 Å². The number of aromatic nitrogens is 1. The number of amides is 1. The number of hydrogen-bond donors (Lipinski definition) is 0. The molecule has 3 saturated heterocycles. The largest absolute Gasteiger partial charge is 0.304 e. The number of carbonyl (C=O) groups excluding carboxylic acids is 2. The van der Waals surface area contributed by atoms with Crippen molar-refractivity contribution in [3.63, 3.8) is 0 Å². The fraction of sp³-hybridized carbons (Fsp3) is 0.296. The van der Waals surface area contributed by atoms with Crippen LogP contribution in [0.25, 0.3) is 0 Å². The molecule has 5 nitrogen and oxygen atoms in total. The summed E-state index contributed by atoms with van der Waals surface area (Å²) in [5.41, 5.74) is 2.13. The van der Waals surface area contributed by atoms with Crippen LogP contribution in [-0.4, -0.2) is 47.3 Å². The van der Waals surface area contributed by atoms with Gasteiger partial charge < -0.3 is 9.80 Å². The first kappa shape index (κ1) is 21.9. The quantitative estimate of drug-likeness (QED) is 0.478. The molecule has 0 N–H and O–H groups in total. The molecule has 3 aromatic rings. The molecule has 0 spiro atoms. The maximum absolute atomic E-state index is 13.8. The highest BCUT2D eigenvalue weighted by Crippen LogP contribution is 2.35. The maximum Gasteiger partial charge on any atom is 0.258 e. The van der Waals surface area contributed by atoms with Crippen molar-refractivity contribution in [1.29, 1.82) is 0 Å². The Morgan fingerprint density at radius 2 is 1.64 bits per heavy atom. The molecule has 3 aliphatic heterocycles. The number of nitrogens with zero attached hydrogens (tertiary/aromatic N) is 3. The first-order valence-electron chi connectivity index (χ1n) is 11.4. The molecule has 0 aliphatic carbocycles. The molecule has 1 atom stereocenters. The third-order valence-corrected chi connectivity index (χ3v) is 7.63. The zero-order valence-corrected chi connectivity index (χ0v) is 19.5. The highest BCUT2D eigenvalue weighted by atomic mass is 32.2. The summed E-state index contributed by atoms with van der Waals surface area (Å²) in [4.78, 5) is 35.9. The number of rotatable bonds is 6. The van der Waals surface area contributed by atoms with Gasteiger partial charge in [-0.25, -0.2) is 0 Å². The maximum atomic E-state index is 13.8. The van der Waals surface area contributed by atoms with Gasteiger partial charge in [0.2, 0.25) is 0 Å². The van der Waals surface area contributed by atoms with E-state index in [1.807, 2.05) is 65.6 Å². The lowest BCUT2D eigenvalue weighted by Gasteiger charge is -2.49. The van der Waals surface area contributed by atoms with Gasteiger partial charge >= 0.3 is 0 Å². The highest BCUT2D eigenvalue weighted by molar-refractivity contribution is 7.99. The van der Waals surface area contributed by atoms with Crippen LogP contribution in [0, 0.1) is 5.92 Å². The van der Waals surface area contributed by atoms with Crippen molar-refractivity contribution < 1.29 is 9.59 Å². The summed E-state index contributed by atoms with van der Waals surface area (Å²) in [6.45, 7) is 4.75.